The molecule has 8 heteroatoms. The number of hydrogen-bond acceptors (Lipinski definition) is 6. The molecular weight excluding hydrogens is 930 g/mol. The molecule has 360 valence electrons. The first-order chi connectivity index (χ1) is 37.0. The number of fused-ring (bicyclic) bond motifs is 12. The Morgan fingerprint density at radius 1 is 0.382 bits per heavy atom. The van der Waals surface area contributed by atoms with Crippen molar-refractivity contribution in [1.82, 2.24) is 0 Å². The van der Waals surface area contributed by atoms with Crippen LogP contribution in [-0.2, 0) is 10.8 Å². The fraction of sp³-hybridized carbons (Fsp3) is 0.118. The maximum atomic E-state index is 7.70. The smallest absolute Gasteiger partial charge is 0.256 e. The monoisotopic (exact) mass is 978 g/mol. The van der Waals surface area contributed by atoms with Crippen molar-refractivity contribution in [1.29, 1.82) is 0 Å². The van der Waals surface area contributed by atoms with E-state index < -0.39 is 0 Å². The second kappa shape index (κ2) is 14.5. The summed E-state index contributed by atoms with van der Waals surface area (Å²) in [5.74, 6) is 3.16. The average Bonchev–Trinajstić information content (AvgIpc) is 4.13. The van der Waals surface area contributed by atoms with E-state index in [9.17, 15) is 0 Å². The van der Waals surface area contributed by atoms with Crippen molar-refractivity contribution >= 4 is 124 Å². The second-order valence-corrected chi connectivity index (χ2v) is 23.5. The fourth-order valence-electron chi connectivity index (χ4n) is 13.6. The lowest BCUT2D eigenvalue weighted by Gasteiger charge is -2.52. The Balaban J connectivity index is 1.07. The highest BCUT2D eigenvalue weighted by molar-refractivity contribution is 7.04. The number of hydrogen-bond donors (Lipinski definition) is 0. The van der Waals surface area contributed by atoms with Gasteiger partial charge < -0.3 is 28.1 Å². The first-order valence-corrected chi connectivity index (χ1v) is 26.6. The maximum absolute atomic E-state index is 7.70. The summed E-state index contributed by atoms with van der Waals surface area (Å²) in [6.45, 7) is 13.6. The standard InChI is InChI=1S/C68H48B2N2O4/c1-67(2,3)39-30-46-60-50(32-39)71(41-24-14-9-15-25-41)51-33-40(68(4,5)6)31-47-61(51)72(60)62-58-54(75-65-48(69(46)58)34-44-42-26-16-18-28-52(42)73-63(44)56(65)37-20-10-7-11-21-37)36-55-59(62)70(47)49-35-45-43-27-17-19-29-53(43)74-64(45)57(66(49)76-55)38-22-12-8-13-23-38/h7-36H,1-6H3. The summed E-state index contributed by atoms with van der Waals surface area (Å²) in [6.07, 6.45) is 0. The summed E-state index contributed by atoms with van der Waals surface area (Å²) < 4.78 is 29.3. The van der Waals surface area contributed by atoms with Gasteiger partial charge >= 0.3 is 0 Å². The largest absolute Gasteiger partial charge is 0.457 e. The van der Waals surface area contributed by atoms with Crippen molar-refractivity contribution in [2.24, 2.45) is 0 Å². The second-order valence-electron chi connectivity index (χ2n) is 23.5. The normalized spacial score (nSPS) is 14.3. The third kappa shape index (κ3) is 5.48. The minimum absolute atomic E-state index is 0.191. The van der Waals surface area contributed by atoms with Crippen LogP contribution >= 0.6 is 0 Å². The predicted molar refractivity (Wildman–Crippen MR) is 315 cm³/mol. The van der Waals surface area contributed by atoms with Crippen LogP contribution in [0.5, 0.6) is 23.0 Å². The van der Waals surface area contributed by atoms with Crippen LogP contribution in [0.3, 0.4) is 0 Å². The van der Waals surface area contributed by atoms with E-state index in [0.717, 1.165) is 134 Å². The van der Waals surface area contributed by atoms with Gasteiger partial charge in [-0.2, -0.15) is 0 Å². The minimum atomic E-state index is -0.233. The SMILES string of the molecule is CC(C)(C)c1cc2c3c(c1)N(c1ccccc1)c1cc(C(C)(C)C)cc4c1N3c1c3c(cc5c1B4c1cc4c(oc6ccccc64)c(-c4ccccc4)c1O5)Oc1c(cc4c(oc5ccccc54)c1-c1ccccc1)B23. The van der Waals surface area contributed by atoms with Crippen LogP contribution in [0.2, 0.25) is 0 Å². The van der Waals surface area contributed by atoms with Crippen LogP contribution in [0.25, 0.3) is 66.1 Å². The van der Waals surface area contributed by atoms with Gasteiger partial charge in [-0.05, 0) is 102 Å². The quantitative estimate of drug-likeness (QED) is 0.164. The number of benzene rings is 10. The van der Waals surface area contributed by atoms with Gasteiger partial charge in [-0.15, -0.1) is 0 Å². The van der Waals surface area contributed by atoms with Crippen molar-refractivity contribution < 1.29 is 18.3 Å². The molecule has 0 saturated carbocycles. The number of ether oxygens (including phenoxy) is 2. The summed E-state index contributed by atoms with van der Waals surface area (Å²) in [5, 5.41) is 4.31. The van der Waals surface area contributed by atoms with E-state index >= 15 is 0 Å². The predicted octanol–water partition coefficient (Wildman–Crippen LogP) is 14.5. The fourth-order valence-corrected chi connectivity index (χ4v) is 13.6. The molecule has 2 aromatic heterocycles. The van der Waals surface area contributed by atoms with E-state index in [2.05, 4.69) is 233 Å². The Bertz CT molecular complexity index is 4300. The van der Waals surface area contributed by atoms with Crippen LogP contribution in [0.15, 0.2) is 191 Å². The summed E-state index contributed by atoms with van der Waals surface area (Å²) in [4.78, 5) is 5.21. The van der Waals surface area contributed by atoms with E-state index in [1.54, 1.807) is 0 Å². The van der Waals surface area contributed by atoms with Crippen molar-refractivity contribution in [2.75, 3.05) is 9.80 Å². The number of para-hydroxylation sites is 3. The molecule has 0 atom stereocenters. The molecule has 76 heavy (non-hydrogen) atoms. The van der Waals surface area contributed by atoms with Crippen LogP contribution in [-0.4, -0.2) is 13.4 Å². The number of anilines is 6. The topological polar surface area (TPSA) is 51.2 Å². The molecule has 6 nitrogen and oxygen atoms in total. The molecule has 0 unspecified atom stereocenters. The molecule has 5 aliphatic rings. The molecule has 0 N–H and O–H groups in total. The first-order valence-electron chi connectivity index (χ1n) is 26.6. The summed E-state index contributed by atoms with van der Waals surface area (Å²) in [5.41, 5.74) is 23.4. The van der Waals surface area contributed by atoms with Gasteiger partial charge in [-0.25, -0.2) is 0 Å². The van der Waals surface area contributed by atoms with E-state index in [1.165, 1.54) is 33.4 Å². The summed E-state index contributed by atoms with van der Waals surface area (Å²) in [6, 6.07) is 66.2. The highest BCUT2D eigenvalue weighted by atomic mass is 16.5. The molecule has 0 aliphatic carbocycles. The third-order valence-electron chi connectivity index (χ3n) is 17.1. The number of rotatable bonds is 3. The Hall–Kier alpha value is -8.87. The summed E-state index contributed by atoms with van der Waals surface area (Å²) >= 11 is 0. The molecule has 0 spiro atoms. The molecule has 0 bridgehead atoms. The molecule has 5 aliphatic heterocycles. The first kappa shape index (κ1) is 42.5. The third-order valence-corrected chi connectivity index (χ3v) is 17.1. The lowest BCUT2D eigenvalue weighted by atomic mass is 9.29. The Morgan fingerprint density at radius 2 is 0.803 bits per heavy atom. The zero-order chi connectivity index (χ0) is 50.7. The molecule has 0 amide bonds. The molecule has 0 radical (unpaired) electrons. The Morgan fingerprint density at radius 3 is 1.25 bits per heavy atom. The van der Waals surface area contributed by atoms with E-state index in [0.29, 0.717) is 0 Å². The Kier molecular flexibility index (Phi) is 8.10. The molecule has 0 fully saturated rings. The van der Waals surface area contributed by atoms with Gasteiger partial charge in [0, 0.05) is 39.0 Å². The van der Waals surface area contributed by atoms with Gasteiger partial charge in [0.25, 0.3) is 13.4 Å². The minimum Gasteiger partial charge on any atom is -0.457 e. The van der Waals surface area contributed by atoms with Crippen LogP contribution in [0.4, 0.5) is 34.1 Å². The Labute approximate surface area is 440 Å². The van der Waals surface area contributed by atoms with Crippen LogP contribution < -0.4 is 52.1 Å². The lowest BCUT2D eigenvalue weighted by molar-refractivity contribution is 0.467. The summed E-state index contributed by atoms with van der Waals surface area (Å²) in [7, 11) is 0. The van der Waals surface area contributed by atoms with Crippen molar-refractivity contribution in [3.05, 3.63) is 193 Å². The molecule has 10 aromatic carbocycles. The average molecular weight is 979 g/mol. The van der Waals surface area contributed by atoms with Gasteiger partial charge in [-0.3, -0.25) is 0 Å². The molecule has 12 aromatic rings. The molecular formula is C68H48B2N2O4. The van der Waals surface area contributed by atoms with Crippen molar-refractivity contribution in [2.45, 2.75) is 52.4 Å². The van der Waals surface area contributed by atoms with Crippen LogP contribution in [0, 0.1) is 0 Å². The van der Waals surface area contributed by atoms with Gasteiger partial charge in [0.1, 0.15) is 45.3 Å². The highest BCUT2D eigenvalue weighted by Gasteiger charge is 2.55. The van der Waals surface area contributed by atoms with E-state index in [-0.39, 0.29) is 24.3 Å². The highest BCUT2D eigenvalue weighted by Crippen LogP contribution is 2.59. The number of nitrogens with zero attached hydrogens (tertiary/aromatic N) is 2. The van der Waals surface area contributed by atoms with Gasteiger partial charge in [0.15, 0.2) is 0 Å². The van der Waals surface area contributed by atoms with E-state index in [4.69, 9.17) is 18.3 Å². The van der Waals surface area contributed by atoms with Crippen molar-refractivity contribution in [3.8, 4) is 45.3 Å². The molecule has 17 rings (SSSR count). The lowest BCUT2D eigenvalue weighted by Crippen LogP contribution is -2.68. The zero-order valence-electron chi connectivity index (χ0n) is 43.0. The van der Waals surface area contributed by atoms with Gasteiger partial charge in [0.05, 0.1) is 33.9 Å². The molecule has 7 heterocycles. The maximum Gasteiger partial charge on any atom is 0.256 e. The molecule has 0 saturated heterocycles. The van der Waals surface area contributed by atoms with Crippen molar-refractivity contribution in [3.63, 3.8) is 0 Å². The number of furan rings is 2. The van der Waals surface area contributed by atoms with Gasteiger partial charge in [0.2, 0.25) is 0 Å². The van der Waals surface area contributed by atoms with E-state index in [1.807, 2.05) is 0 Å². The van der Waals surface area contributed by atoms with Gasteiger partial charge in [-0.1, -0.05) is 181 Å². The zero-order valence-corrected chi connectivity index (χ0v) is 43.0. The van der Waals surface area contributed by atoms with Crippen LogP contribution in [0.1, 0.15) is 52.7 Å².